The van der Waals surface area contributed by atoms with Gasteiger partial charge in [0.1, 0.15) is 1.93 Å². The van der Waals surface area contributed by atoms with E-state index in [1.165, 1.54) is 0 Å². The Morgan fingerprint density at radius 1 is 1.23 bits per heavy atom. The fourth-order valence-corrected chi connectivity index (χ4v) is 1.40. The van der Waals surface area contributed by atoms with Crippen LogP contribution >= 0.6 is 67.8 Å². The zero-order valence-corrected chi connectivity index (χ0v) is 12.9. The maximum atomic E-state index is 11.3. The first-order chi connectivity index (χ1) is 6.09. The van der Waals surface area contributed by atoms with Gasteiger partial charge in [-0.3, -0.25) is 4.79 Å². The minimum absolute atomic E-state index is 0.0300. The molecule has 0 spiro atoms. The molecule has 0 fully saturated rings. The summed E-state index contributed by atoms with van der Waals surface area (Å²) in [5, 5.41) is 2.81. The molecular formula is C8H6I3NO. The number of carbonyl (C=O) groups is 1. The molecule has 1 rings (SSSR count). The summed E-state index contributed by atoms with van der Waals surface area (Å²) in [5.74, 6) is 0.0300. The minimum Gasteiger partial charge on any atom is -0.324 e. The highest BCUT2D eigenvalue weighted by atomic mass is 127. The summed E-state index contributed by atoms with van der Waals surface area (Å²) in [6.07, 6.45) is 0. The van der Waals surface area contributed by atoms with Crippen molar-refractivity contribution in [2.24, 2.45) is 0 Å². The first-order valence-corrected chi connectivity index (χ1v) is 7.01. The standard InChI is InChI=1S/C8H6I3NO/c9-5-1-3-6(4-2-5)12-8(13)7(10)11/h1-4,7H,(H,12,13). The largest absolute Gasteiger partial charge is 0.324 e. The Kier molecular flexibility index (Phi) is 5.23. The summed E-state index contributed by atoms with van der Waals surface area (Å²) < 4.78 is 1.13. The lowest BCUT2D eigenvalue weighted by Gasteiger charge is -2.05. The number of carbonyl (C=O) groups excluding carboxylic acids is 1. The third-order valence-corrected chi connectivity index (χ3v) is 3.16. The third-order valence-electron chi connectivity index (χ3n) is 1.31. The minimum atomic E-state index is -0.0329. The molecule has 1 N–H and O–H groups in total. The van der Waals surface area contributed by atoms with Crippen LogP contribution in [0.3, 0.4) is 0 Å². The molecule has 0 bridgehead atoms. The molecule has 5 heteroatoms. The lowest BCUT2D eigenvalue weighted by Crippen LogP contribution is -2.17. The van der Waals surface area contributed by atoms with Gasteiger partial charge in [0, 0.05) is 9.26 Å². The van der Waals surface area contributed by atoms with Gasteiger partial charge in [0.25, 0.3) is 0 Å². The van der Waals surface area contributed by atoms with Gasteiger partial charge in [-0.25, -0.2) is 0 Å². The van der Waals surface area contributed by atoms with Crippen molar-refractivity contribution in [3.63, 3.8) is 0 Å². The molecule has 0 radical (unpaired) electrons. The van der Waals surface area contributed by atoms with E-state index in [1.807, 2.05) is 24.3 Å². The van der Waals surface area contributed by atoms with Crippen LogP contribution in [0, 0.1) is 3.57 Å². The van der Waals surface area contributed by atoms with Crippen LogP contribution in [0.25, 0.3) is 0 Å². The molecule has 0 aliphatic heterocycles. The monoisotopic (exact) mass is 513 g/mol. The van der Waals surface area contributed by atoms with E-state index in [0.717, 1.165) is 9.26 Å². The first kappa shape index (κ1) is 12.0. The van der Waals surface area contributed by atoms with Crippen molar-refractivity contribution in [2.45, 2.75) is 1.93 Å². The van der Waals surface area contributed by atoms with Crippen LogP contribution in [0.4, 0.5) is 5.69 Å². The summed E-state index contributed by atoms with van der Waals surface area (Å²) in [7, 11) is 0. The van der Waals surface area contributed by atoms with Gasteiger partial charge in [-0.1, -0.05) is 45.2 Å². The van der Waals surface area contributed by atoms with Crippen LogP contribution in [-0.2, 0) is 4.79 Å². The quantitative estimate of drug-likeness (QED) is 0.478. The average Bonchev–Trinajstić information content (AvgIpc) is 2.08. The molecular weight excluding hydrogens is 507 g/mol. The smallest absolute Gasteiger partial charge is 0.247 e. The number of hydrogen-bond donors (Lipinski definition) is 1. The van der Waals surface area contributed by atoms with Gasteiger partial charge in [-0.15, -0.1) is 0 Å². The molecule has 0 aliphatic carbocycles. The van der Waals surface area contributed by atoms with Gasteiger partial charge in [-0.05, 0) is 46.9 Å². The van der Waals surface area contributed by atoms with Crippen molar-refractivity contribution < 1.29 is 4.79 Å². The van der Waals surface area contributed by atoms with E-state index < -0.39 is 0 Å². The number of benzene rings is 1. The van der Waals surface area contributed by atoms with E-state index in [-0.39, 0.29) is 7.84 Å². The van der Waals surface area contributed by atoms with E-state index in [4.69, 9.17) is 0 Å². The summed E-state index contributed by atoms with van der Waals surface area (Å²) >= 11 is 6.38. The Morgan fingerprint density at radius 3 is 2.23 bits per heavy atom. The summed E-state index contributed by atoms with van der Waals surface area (Å²) in [6.45, 7) is 0. The molecule has 13 heavy (non-hydrogen) atoms. The lowest BCUT2D eigenvalue weighted by atomic mass is 10.3. The molecule has 0 saturated heterocycles. The normalized spacial score (nSPS) is 10.2. The van der Waals surface area contributed by atoms with Gasteiger partial charge in [0.2, 0.25) is 5.91 Å². The predicted molar refractivity (Wildman–Crippen MR) is 79.6 cm³/mol. The van der Waals surface area contributed by atoms with Gasteiger partial charge < -0.3 is 5.32 Å². The Labute approximate surface area is 118 Å². The van der Waals surface area contributed by atoms with Crippen molar-refractivity contribution in [1.82, 2.24) is 0 Å². The fraction of sp³-hybridized carbons (Fsp3) is 0.125. The molecule has 0 aliphatic rings. The predicted octanol–water partition coefficient (Wildman–Crippen LogP) is 3.43. The summed E-state index contributed by atoms with van der Waals surface area (Å²) in [6, 6.07) is 7.72. The van der Waals surface area contributed by atoms with Crippen LogP contribution in [0.15, 0.2) is 24.3 Å². The van der Waals surface area contributed by atoms with Gasteiger partial charge in [0.05, 0.1) is 0 Å². The fourth-order valence-electron chi connectivity index (χ4n) is 0.730. The Balaban J connectivity index is 2.65. The van der Waals surface area contributed by atoms with Crippen LogP contribution in [0.1, 0.15) is 0 Å². The van der Waals surface area contributed by atoms with Crippen molar-refractivity contribution in [3.05, 3.63) is 27.8 Å². The van der Waals surface area contributed by atoms with E-state index >= 15 is 0 Å². The topological polar surface area (TPSA) is 29.1 Å². The Hall–Kier alpha value is 0.880. The molecule has 0 aromatic heterocycles. The second kappa shape index (κ2) is 5.69. The zero-order valence-electron chi connectivity index (χ0n) is 6.43. The van der Waals surface area contributed by atoms with Crippen LogP contribution in [0.5, 0.6) is 0 Å². The Morgan fingerprint density at radius 2 is 1.77 bits per heavy atom. The molecule has 1 aromatic rings. The number of anilines is 1. The lowest BCUT2D eigenvalue weighted by molar-refractivity contribution is -0.113. The molecule has 0 unspecified atom stereocenters. The number of halogens is 3. The molecule has 0 heterocycles. The van der Waals surface area contributed by atoms with Gasteiger partial charge >= 0.3 is 0 Å². The van der Waals surface area contributed by atoms with Crippen molar-refractivity contribution in [1.29, 1.82) is 0 Å². The van der Waals surface area contributed by atoms with Gasteiger partial charge in [-0.2, -0.15) is 0 Å². The van der Waals surface area contributed by atoms with E-state index in [0.29, 0.717) is 0 Å². The third kappa shape index (κ3) is 4.28. The van der Waals surface area contributed by atoms with Crippen LogP contribution in [-0.4, -0.2) is 7.84 Å². The summed E-state index contributed by atoms with van der Waals surface area (Å²) in [5.41, 5.74) is 0.851. The number of rotatable bonds is 2. The number of nitrogens with one attached hydrogen (secondary N) is 1. The molecule has 70 valence electrons. The van der Waals surface area contributed by atoms with Crippen molar-refractivity contribution in [3.8, 4) is 0 Å². The molecule has 2 nitrogen and oxygen atoms in total. The number of amides is 1. The molecule has 1 amide bonds. The van der Waals surface area contributed by atoms with E-state index in [9.17, 15) is 4.79 Å². The maximum absolute atomic E-state index is 11.3. The highest BCUT2D eigenvalue weighted by molar-refractivity contribution is 14.2. The second-order valence-electron chi connectivity index (χ2n) is 2.30. The summed E-state index contributed by atoms with van der Waals surface area (Å²) in [4.78, 5) is 11.3. The molecule has 1 aromatic carbocycles. The van der Waals surface area contributed by atoms with E-state index in [2.05, 4.69) is 73.1 Å². The van der Waals surface area contributed by atoms with Crippen molar-refractivity contribution >= 4 is 79.4 Å². The highest BCUT2D eigenvalue weighted by Gasteiger charge is 2.09. The second-order valence-corrected chi connectivity index (χ2v) is 8.42. The van der Waals surface area contributed by atoms with Crippen molar-refractivity contribution in [2.75, 3.05) is 5.32 Å². The number of alkyl halides is 2. The molecule has 0 saturated carbocycles. The number of hydrogen-bond acceptors (Lipinski definition) is 1. The first-order valence-electron chi connectivity index (χ1n) is 3.44. The van der Waals surface area contributed by atoms with Gasteiger partial charge in [0.15, 0.2) is 0 Å². The SMILES string of the molecule is O=C(Nc1ccc(I)cc1)C(I)I. The molecule has 0 atom stereocenters. The van der Waals surface area contributed by atoms with Crippen LogP contribution < -0.4 is 5.32 Å². The Bertz CT molecular complexity index is 297. The van der Waals surface area contributed by atoms with E-state index in [1.54, 1.807) is 0 Å². The maximum Gasteiger partial charge on any atom is 0.247 e. The zero-order chi connectivity index (χ0) is 9.84. The average molecular weight is 513 g/mol. The van der Waals surface area contributed by atoms with Crippen LogP contribution in [0.2, 0.25) is 0 Å². The highest BCUT2D eigenvalue weighted by Crippen LogP contribution is 2.15.